The second-order valence-corrected chi connectivity index (χ2v) is 12.4. The van der Waals surface area contributed by atoms with Crippen molar-refractivity contribution in [3.63, 3.8) is 0 Å². The average molecular weight is 587 g/mol. The van der Waals surface area contributed by atoms with E-state index in [2.05, 4.69) is 25.4 Å². The van der Waals surface area contributed by atoms with Gasteiger partial charge in [-0.15, -0.1) is 0 Å². The Balaban J connectivity index is 1.42. The number of piperidine rings is 1. The molecule has 0 radical (unpaired) electrons. The van der Waals surface area contributed by atoms with Gasteiger partial charge in [-0.05, 0) is 68.3 Å². The molecule has 0 atom stereocenters. The average Bonchev–Trinajstić information content (AvgIpc) is 3.36. The van der Waals surface area contributed by atoms with Crippen LogP contribution in [-0.2, 0) is 15.6 Å². The van der Waals surface area contributed by atoms with Crippen molar-refractivity contribution < 1.29 is 21.9 Å². The van der Waals surface area contributed by atoms with E-state index in [1.165, 1.54) is 36.0 Å². The minimum absolute atomic E-state index is 0.00132. The fourth-order valence-electron chi connectivity index (χ4n) is 4.43. The maximum absolute atomic E-state index is 14.1. The van der Waals surface area contributed by atoms with E-state index in [0.717, 1.165) is 44.1 Å². The molecule has 2 aromatic heterocycles. The highest BCUT2D eigenvalue weighted by Gasteiger charge is 2.24. The molecule has 0 spiro atoms. The van der Waals surface area contributed by atoms with Crippen LogP contribution in [-0.4, -0.2) is 48.8 Å². The monoisotopic (exact) mass is 586 g/mol. The zero-order valence-electron chi connectivity index (χ0n) is 21.9. The Hall–Kier alpha value is -3.71. The minimum Gasteiger partial charge on any atom is -0.490 e. The SMILES string of the molecule is COc1c(Nc2cc(C)[nH]n2)nc(Sc2ccc(S(=O)(=O)Cc3cccc(F)c3F)cc2)nc1N1CCCCC1. The van der Waals surface area contributed by atoms with Crippen LogP contribution in [0.25, 0.3) is 0 Å². The van der Waals surface area contributed by atoms with E-state index in [1.807, 2.05) is 13.0 Å². The molecular weight excluding hydrogens is 558 g/mol. The third-order valence-corrected chi connectivity index (χ3v) is 8.96. The predicted molar refractivity (Wildman–Crippen MR) is 149 cm³/mol. The highest BCUT2D eigenvalue weighted by molar-refractivity contribution is 7.99. The Labute approximate surface area is 235 Å². The third kappa shape index (κ3) is 6.20. The van der Waals surface area contributed by atoms with Crippen LogP contribution < -0.4 is 15.0 Å². The van der Waals surface area contributed by atoms with Gasteiger partial charge in [-0.3, -0.25) is 5.10 Å². The van der Waals surface area contributed by atoms with E-state index < -0.39 is 27.2 Å². The number of aromatic nitrogens is 4. The van der Waals surface area contributed by atoms with Crippen LogP contribution in [0.1, 0.15) is 30.5 Å². The first kappa shape index (κ1) is 27.8. The van der Waals surface area contributed by atoms with E-state index in [1.54, 1.807) is 19.2 Å². The lowest BCUT2D eigenvalue weighted by molar-refractivity contribution is 0.409. The molecule has 0 saturated carbocycles. The largest absolute Gasteiger partial charge is 0.490 e. The van der Waals surface area contributed by atoms with Crippen molar-refractivity contribution >= 4 is 39.1 Å². The fourth-order valence-corrected chi connectivity index (χ4v) is 6.53. The van der Waals surface area contributed by atoms with E-state index in [0.29, 0.717) is 33.3 Å². The minimum atomic E-state index is -3.90. The van der Waals surface area contributed by atoms with Crippen LogP contribution in [0.4, 0.5) is 26.2 Å². The number of ether oxygens (including phenoxy) is 1. The Bertz CT molecular complexity index is 1610. The number of methoxy groups -OCH3 is 1. The van der Waals surface area contributed by atoms with Crippen LogP contribution in [0.2, 0.25) is 0 Å². The van der Waals surface area contributed by atoms with Gasteiger partial charge in [0.2, 0.25) is 5.75 Å². The predicted octanol–water partition coefficient (Wildman–Crippen LogP) is 5.65. The first-order valence-electron chi connectivity index (χ1n) is 12.7. The van der Waals surface area contributed by atoms with Gasteiger partial charge in [0, 0.05) is 35.3 Å². The molecule has 0 bridgehead atoms. The van der Waals surface area contributed by atoms with E-state index in [-0.39, 0.29) is 10.5 Å². The van der Waals surface area contributed by atoms with Gasteiger partial charge in [-0.25, -0.2) is 27.2 Å². The number of aryl methyl sites for hydroxylation is 1. The van der Waals surface area contributed by atoms with E-state index in [9.17, 15) is 17.2 Å². The summed E-state index contributed by atoms with van der Waals surface area (Å²) in [5.41, 5.74) is 0.666. The van der Waals surface area contributed by atoms with Gasteiger partial charge in [0.15, 0.2) is 44.1 Å². The number of H-pyrrole nitrogens is 1. The first-order valence-corrected chi connectivity index (χ1v) is 15.1. The maximum atomic E-state index is 14.1. The van der Waals surface area contributed by atoms with Crippen molar-refractivity contribution in [2.75, 3.05) is 30.4 Å². The summed E-state index contributed by atoms with van der Waals surface area (Å²) in [5.74, 6) is -0.662. The molecule has 1 fully saturated rings. The van der Waals surface area contributed by atoms with Crippen molar-refractivity contribution in [2.24, 2.45) is 0 Å². The molecule has 1 aliphatic rings. The van der Waals surface area contributed by atoms with Crippen molar-refractivity contribution in [1.82, 2.24) is 20.2 Å². The lowest BCUT2D eigenvalue weighted by Crippen LogP contribution is -2.31. The molecular formula is C27H28F2N6O3S2. The molecule has 1 saturated heterocycles. The number of anilines is 3. The molecule has 5 rings (SSSR count). The lowest BCUT2D eigenvalue weighted by Gasteiger charge is -2.29. The molecule has 13 heteroatoms. The van der Waals surface area contributed by atoms with E-state index in [4.69, 9.17) is 9.72 Å². The number of nitrogens with one attached hydrogen (secondary N) is 2. The Kier molecular flexibility index (Phi) is 8.22. The molecule has 2 N–H and O–H groups in total. The molecule has 4 aromatic rings. The molecule has 0 aliphatic carbocycles. The molecule has 1 aliphatic heterocycles. The van der Waals surface area contributed by atoms with Crippen molar-refractivity contribution in [3.8, 4) is 5.75 Å². The Morgan fingerprint density at radius 1 is 1.07 bits per heavy atom. The number of sulfone groups is 1. The highest BCUT2D eigenvalue weighted by atomic mass is 32.2. The van der Waals surface area contributed by atoms with Gasteiger partial charge in [0.25, 0.3) is 0 Å². The summed E-state index contributed by atoms with van der Waals surface area (Å²) < 4.78 is 59.1. The van der Waals surface area contributed by atoms with Gasteiger partial charge in [-0.2, -0.15) is 5.10 Å². The smallest absolute Gasteiger partial charge is 0.204 e. The molecule has 0 amide bonds. The second-order valence-electron chi connectivity index (χ2n) is 9.37. The number of aromatic amines is 1. The van der Waals surface area contributed by atoms with Gasteiger partial charge in [0.05, 0.1) is 17.8 Å². The zero-order valence-corrected chi connectivity index (χ0v) is 23.6. The summed E-state index contributed by atoms with van der Waals surface area (Å²) in [6.07, 6.45) is 3.25. The summed E-state index contributed by atoms with van der Waals surface area (Å²) >= 11 is 1.27. The Morgan fingerprint density at radius 2 is 1.82 bits per heavy atom. The van der Waals surface area contributed by atoms with Gasteiger partial charge >= 0.3 is 0 Å². The second kappa shape index (κ2) is 11.8. The molecule has 210 valence electrons. The van der Waals surface area contributed by atoms with Crippen LogP contribution >= 0.6 is 11.8 Å². The van der Waals surface area contributed by atoms with Crippen LogP contribution in [0.15, 0.2) is 63.5 Å². The fraction of sp³-hybridized carbons (Fsp3) is 0.296. The maximum Gasteiger partial charge on any atom is 0.204 e. The molecule has 3 heterocycles. The number of benzene rings is 2. The molecule has 2 aromatic carbocycles. The number of hydrogen-bond acceptors (Lipinski definition) is 9. The van der Waals surface area contributed by atoms with Crippen LogP contribution in [0.5, 0.6) is 5.75 Å². The van der Waals surface area contributed by atoms with Crippen LogP contribution in [0, 0.1) is 18.6 Å². The topological polar surface area (TPSA) is 113 Å². The van der Waals surface area contributed by atoms with Crippen LogP contribution in [0.3, 0.4) is 0 Å². The summed E-state index contributed by atoms with van der Waals surface area (Å²) in [6, 6.07) is 11.5. The van der Waals surface area contributed by atoms with Gasteiger partial charge < -0.3 is 15.0 Å². The summed E-state index contributed by atoms with van der Waals surface area (Å²) in [7, 11) is -2.32. The zero-order chi connectivity index (χ0) is 28.3. The van der Waals surface area contributed by atoms with Gasteiger partial charge in [-0.1, -0.05) is 12.1 Å². The standard InChI is InChI=1S/C27H28F2N6O3S2/c1-17-15-22(34-33-17)30-25-24(38-2)26(35-13-4-3-5-14-35)32-27(31-25)39-19-9-11-20(12-10-19)40(36,37)16-18-7-6-8-21(28)23(18)29/h6-12,15H,3-5,13-14,16H2,1-2H3,(H2,30,31,32,33,34). The summed E-state index contributed by atoms with van der Waals surface area (Å²) in [5, 5.41) is 10.8. The normalized spacial score (nSPS) is 13.8. The van der Waals surface area contributed by atoms with Gasteiger partial charge in [0.1, 0.15) is 0 Å². The van der Waals surface area contributed by atoms with E-state index >= 15 is 0 Å². The quantitative estimate of drug-likeness (QED) is 0.240. The number of hydrogen-bond donors (Lipinski definition) is 2. The third-order valence-electron chi connectivity index (χ3n) is 6.41. The summed E-state index contributed by atoms with van der Waals surface area (Å²) in [6.45, 7) is 3.59. The van der Waals surface area contributed by atoms with Crippen molar-refractivity contribution in [1.29, 1.82) is 0 Å². The Morgan fingerprint density at radius 3 is 2.50 bits per heavy atom. The van der Waals surface area contributed by atoms with Crippen molar-refractivity contribution in [3.05, 3.63) is 71.4 Å². The number of halogens is 2. The first-order chi connectivity index (χ1) is 19.2. The molecule has 9 nitrogen and oxygen atoms in total. The lowest BCUT2D eigenvalue weighted by atomic mass is 10.1. The van der Waals surface area contributed by atoms with Crippen molar-refractivity contribution in [2.45, 2.75) is 46.9 Å². The molecule has 0 unspecified atom stereocenters. The highest BCUT2D eigenvalue weighted by Crippen LogP contribution is 2.39. The number of rotatable bonds is 9. The molecule has 40 heavy (non-hydrogen) atoms. The summed E-state index contributed by atoms with van der Waals surface area (Å²) in [4.78, 5) is 12.4. The number of nitrogens with zero attached hydrogens (tertiary/aromatic N) is 4.